The van der Waals surface area contributed by atoms with Gasteiger partial charge in [0, 0.05) is 19.5 Å². The average molecular weight is 277 g/mol. The molecule has 6 nitrogen and oxygen atoms in total. The van der Waals surface area contributed by atoms with Crippen molar-refractivity contribution in [1.29, 1.82) is 0 Å². The van der Waals surface area contributed by atoms with E-state index < -0.39 is 5.97 Å². The van der Waals surface area contributed by atoms with Gasteiger partial charge in [-0.1, -0.05) is 12.1 Å². The number of carboxylic acids is 1. The Kier molecular flexibility index (Phi) is 4.45. The second-order valence-electron chi connectivity index (χ2n) is 5.07. The number of anilines is 2. The van der Waals surface area contributed by atoms with Gasteiger partial charge in [-0.3, -0.25) is 4.79 Å². The van der Waals surface area contributed by atoms with Crippen molar-refractivity contribution >= 4 is 23.4 Å². The first-order chi connectivity index (χ1) is 9.56. The zero-order valence-corrected chi connectivity index (χ0v) is 11.2. The first-order valence-electron chi connectivity index (χ1n) is 6.68. The molecule has 1 saturated heterocycles. The van der Waals surface area contributed by atoms with Crippen LogP contribution in [0.4, 0.5) is 16.2 Å². The quantitative estimate of drug-likeness (QED) is 0.736. The number of rotatable bonds is 3. The summed E-state index contributed by atoms with van der Waals surface area (Å²) in [6, 6.07) is 6.84. The summed E-state index contributed by atoms with van der Waals surface area (Å²) in [6.45, 7) is 1.12. The molecule has 0 bridgehead atoms. The predicted molar refractivity (Wildman–Crippen MR) is 76.4 cm³/mol. The third kappa shape index (κ3) is 3.63. The summed E-state index contributed by atoms with van der Waals surface area (Å²) >= 11 is 0. The fourth-order valence-corrected chi connectivity index (χ4v) is 2.47. The predicted octanol–water partition coefficient (Wildman–Crippen LogP) is 1.99. The monoisotopic (exact) mass is 277 g/mol. The highest BCUT2D eigenvalue weighted by atomic mass is 16.4. The molecule has 1 aliphatic rings. The number of carboxylic acid groups (broad SMARTS) is 1. The normalized spacial score (nSPS) is 18.6. The lowest BCUT2D eigenvalue weighted by molar-refractivity contribution is -0.138. The maximum atomic E-state index is 12.2. The third-order valence-electron chi connectivity index (χ3n) is 3.47. The second kappa shape index (κ2) is 6.27. The van der Waals surface area contributed by atoms with Crippen LogP contribution in [-0.2, 0) is 4.79 Å². The van der Waals surface area contributed by atoms with Crippen molar-refractivity contribution in [2.45, 2.75) is 19.3 Å². The van der Waals surface area contributed by atoms with Crippen molar-refractivity contribution in [2.24, 2.45) is 5.92 Å². The summed E-state index contributed by atoms with van der Waals surface area (Å²) in [4.78, 5) is 24.6. The van der Waals surface area contributed by atoms with E-state index in [0.717, 1.165) is 12.8 Å². The van der Waals surface area contributed by atoms with E-state index >= 15 is 0 Å². The summed E-state index contributed by atoms with van der Waals surface area (Å²) in [5.74, 6) is -0.787. The van der Waals surface area contributed by atoms with Crippen LogP contribution < -0.4 is 11.1 Å². The van der Waals surface area contributed by atoms with Gasteiger partial charge in [-0.05, 0) is 30.9 Å². The Labute approximate surface area is 117 Å². The molecule has 1 fully saturated rings. The molecule has 6 heteroatoms. The van der Waals surface area contributed by atoms with Crippen molar-refractivity contribution in [3.05, 3.63) is 24.3 Å². The van der Waals surface area contributed by atoms with E-state index in [2.05, 4.69) is 5.32 Å². The molecular formula is C14H19N3O3. The first kappa shape index (κ1) is 14.2. The lowest BCUT2D eigenvalue weighted by Crippen LogP contribution is -2.42. The minimum absolute atomic E-state index is 0.0279. The molecule has 1 atom stereocenters. The Bertz CT molecular complexity index is 504. The molecule has 2 amide bonds. The number of nitrogens with two attached hydrogens (primary N) is 1. The number of nitrogen functional groups attached to an aromatic ring is 1. The Morgan fingerprint density at radius 3 is 2.85 bits per heavy atom. The number of nitrogens with one attached hydrogen (secondary N) is 1. The molecule has 0 aliphatic carbocycles. The number of aliphatic carboxylic acids is 1. The van der Waals surface area contributed by atoms with Gasteiger partial charge in [0.1, 0.15) is 0 Å². The van der Waals surface area contributed by atoms with Crippen LogP contribution in [0.1, 0.15) is 19.3 Å². The van der Waals surface area contributed by atoms with E-state index in [1.165, 1.54) is 0 Å². The van der Waals surface area contributed by atoms with Gasteiger partial charge in [-0.15, -0.1) is 0 Å². The summed E-state index contributed by atoms with van der Waals surface area (Å²) in [6.07, 6.45) is 1.79. The number of urea groups is 1. The van der Waals surface area contributed by atoms with Crippen LogP contribution in [0.3, 0.4) is 0 Å². The molecule has 108 valence electrons. The highest BCUT2D eigenvalue weighted by Crippen LogP contribution is 2.22. The summed E-state index contributed by atoms with van der Waals surface area (Å²) in [5.41, 5.74) is 6.88. The summed E-state index contributed by atoms with van der Waals surface area (Å²) in [7, 11) is 0. The molecule has 0 saturated carbocycles. The van der Waals surface area contributed by atoms with E-state index in [1.807, 2.05) is 0 Å². The van der Waals surface area contributed by atoms with Crippen LogP contribution in [0, 0.1) is 5.92 Å². The summed E-state index contributed by atoms with van der Waals surface area (Å²) < 4.78 is 0. The zero-order chi connectivity index (χ0) is 14.5. The minimum atomic E-state index is -0.815. The third-order valence-corrected chi connectivity index (χ3v) is 3.47. The van der Waals surface area contributed by atoms with Gasteiger partial charge >= 0.3 is 12.0 Å². The number of likely N-dealkylation sites (tertiary alicyclic amines) is 1. The van der Waals surface area contributed by atoms with Crippen molar-refractivity contribution in [3.63, 3.8) is 0 Å². The van der Waals surface area contributed by atoms with Crippen molar-refractivity contribution in [3.8, 4) is 0 Å². The molecule has 0 spiro atoms. The number of para-hydroxylation sites is 2. The maximum Gasteiger partial charge on any atom is 0.321 e. The number of carbonyl (C=O) groups excluding carboxylic acids is 1. The van der Waals surface area contributed by atoms with Crippen LogP contribution >= 0.6 is 0 Å². The Morgan fingerprint density at radius 2 is 2.15 bits per heavy atom. The molecule has 2 rings (SSSR count). The van der Waals surface area contributed by atoms with E-state index in [9.17, 15) is 9.59 Å². The van der Waals surface area contributed by atoms with Gasteiger partial charge in [0.2, 0.25) is 0 Å². The van der Waals surface area contributed by atoms with Gasteiger partial charge < -0.3 is 21.1 Å². The number of hydrogen-bond acceptors (Lipinski definition) is 3. The number of carbonyl (C=O) groups is 2. The molecule has 1 unspecified atom stereocenters. The maximum absolute atomic E-state index is 12.2. The van der Waals surface area contributed by atoms with E-state index in [4.69, 9.17) is 10.8 Å². The number of hydrogen-bond donors (Lipinski definition) is 3. The Balaban J connectivity index is 1.95. The van der Waals surface area contributed by atoms with Gasteiger partial charge in [-0.25, -0.2) is 4.79 Å². The average Bonchev–Trinajstić information content (AvgIpc) is 2.41. The second-order valence-corrected chi connectivity index (χ2v) is 5.07. The SMILES string of the molecule is Nc1ccccc1NC(=O)N1CCCC(CC(=O)O)C1. The Morgan fingerprint density at radius 1 is 1.40 bits per heavy atom. The number of nitrogens with zero attached hydrogens (tertiary/aromatic N) is 1. The highest BCUT2D eigenvalue weighted by Gasteiger charge is 2.25. The molecule has 1 heterocycles. The molecule has 4 N–H and O–H groups in total. The number of benzene rings is 1. The molecule has 0 aromatic heterocycles. The lowest BCUT2D eigenvalue weighted by atomic mass is 9.95. The minimum Gasteiger partial charge on any atom is -0.481 e. The van der Waals surface area contributed by atoms with Crippen molar-refractivity contribution < 1.29 is 14.7 Å². The molecule has 1 aliphatic heterocycles. The van der Waals surface area contributed by atoms with E-state index in [0.29, 0.717) is 24.5 Å². The van der Waals surface area contributed by atoms with Gasteiger partial charge in [0.15, 0.2) is 0 Å². The number of amides is 2. The van der Waals surface area contributed by atoms with Crippen LogP contribution in [0.25, 0.3) is 0 Å². The standard InChI is InChI=1S/C14H19N3O3/c15-11-5-1-2-6-12(11)16-14(20)17-7-3-4-10(9-17)8-13(18)19/h1-2,5-6,10H,3-4,7-9,15H2,(H,16,20)(H,18,19). The Hall–Kier alpha value is -2.24. The van der Waals surface area contributed by atoms with Crippen LogP contribution in [0.5, 0.6) is 0 Å². The van der Waals surface area contributed by atoms with Gasteiger partial charge in [-0.2, -0.15) is 0 Å². The number of piperidine rings is 1. The fourth-order valence-electron chi connectivity index (χ4n) is 2.47. The van der Waals surface area contributed by atoms with Crippen molar-refractivity contribution in [2.75, 3.05) is 24.1 Å². The highest BCUT2D eigenvalue weighted by molar-refractivity contribution is 5.92. The molecule has 20 heavy (non-hydrogen) atoms. The van der Waals surface area contributed by atoms with Gasteiger partial charge in [0.05, 0.1) is 11.4 Å². The van der Waals surface area contributed by atoms with Gasteiger partial charge in [0.25, 0.3) is 0 Å². The zero-order valence-electron chi connectivity index (χ0n) is 11.2. The van der Waals surface area contributed by atoms with Crippen molar-refractivity contribution in [1.82, 2.24) is 4.90 Å². The van der Waals surface area contributed by atoms with Crippen LogP contribution in [-0.4, -0.2) is 35.1 Å². The van der Waals surface area contributed by atoms with E-state index in [1.54, 1.807) is 29.2 Å². The topological polar surface area (TPSA) is 95.7 Å². The van der Waals surface area contributed by atoms with Crippen LogP contribution in [0.2, 0.25) is 0 Å². The molecule has 0 radical (unpaired) electrons. The smallest absolute Gasteiger partial charge is 0.321 e. The largest absolute Gasteiger partial charge is 0.481 e. The molecule has 1 aromatic rings. The van der Waals surface area contributed by atoms with E-state index in [-0.39, 0.29) is 18.4 Å². The molecular weight excluding hydrogens is 258 g/mol. The van der Waals surface area contributed by atoms with Crippen LogP contribution in [0.15, 0.2) is 24.3 Å². The molecule has 1 aromatic carbocycles. The first-order valence-corrected chi connectivity index (χ1v) is 6.68. The summed E-state index contributed by atoms with van der Waals surface area (Å²) in [5, 5.41) is 11.6. The fraction of sp³-hybridized carbons (Fsp3) is 0.429. The lowest BCUT2D eigenvalue weighted by Gasteiger charge is -2.32.